The second kappa shape index (κ2) is 5.98. The van der Waals surface area contributed by atoms with Crippen LogP contribution in [0, 0.1) is 0 Å². The number of hydrogen-bond acceptors (Lipinski definition) is 5. The largest absolute Gasteiger partial charge is 0.495 e. The maximum Gasteiger partial charge on any atom is 0.344 e. The minimum Gasteiger partial charge on any atom is -0.495 e. The van der Waals surface area contributed by atoms with E-state index in [2.05, 4.69) is 0 Å². The van der Waals surface area contributed by atoms with Crippen molar-refractivity contribution in [1.29, 1.82) is 0 Å². The van der Waals surface area contributed by atoms with Crippen LogP contribution in [0.25, 0.3) is 0 Å². The molecule has 0 fully saturated rings. The number of nitrogen functional groups attached to an aromatic ring is 1. The van der Waals surface area contributed by atoms with Crippen LogP contribution in [0.2, 0.25) is 0 Å². The third-order valence-electron chi connectivity index (χ3n) is 1.93. The average Bonchev–Trinajstić information content (AvgIpc) is 2.25. The van der Waals surface area contributed by atoms with Crippen LogP contribution in [0.5, 0.6) is 11.5 Å². The lowest BCUT2D eigenvalue weighted by Crippen LogP contribution is -2.18. The molecule has 0 aliphatic rings. The molecule has 0 amide bonds. The van der Waals surface area contributed by atoms with Gasteiger partial charge in [-0.15, -0.1) is 0 Å². The predicted molar refractivity (Wildman–Crippen MR) is 64.1 cm³/mol. The molecule has 0 aliphatic heterocycles. The van der Waals surface area contributed by atoms with Crippen LogP contribution in [0.1, 0.15) is 13.8 Å². The van der Waals surface area contributed by atoms with Gasteiger partial charge in [-0.2, -0.15) is 0 Å². The van der Waals surface area contributed by atoms with E-state index in [1.807, 2.05) is 0 Å². The van der Waals surface area contributed by atoms with E-state index in [1.54, 1.807) is 32.0 Å². The maximum atomic E-state index is 11.2. The number of esters is 1. The normalized spacial score (nSPS) is 10.1. The van der Waals surface area contributed by atoms with Crippen LogP contribution < -0.4 is 15.2 Å². The molecule has 17 heavy (non-hydrogen) atoms. The molecular formula is C12H17NO4. The summed E-state index contributed by atoms with van der Waals surface area (Å²) < 4.78 is 15.2. The number of hydrogen-bond donors (Lipinski definition) is 1. The van der Waals surface area contributed by atoms with Gasteiger partial charge in [0.05, 0.1) is 18.9 Å². The number of carbonyl (C=O) groups is 1. The minimum absolute atomic E-state index is 0.135. The van der Waals surface area contributed by atoms with Gasteiger partial charge >= 0.3 is 5.97 Å². The van der Waals surface area contributed by atoms with Crippen molar-refractivity contribution < 1.29 is 19.0 Å². The third-order valence-corrected chi connectivity index (χ3v) is 1.93. The minimum atomic E-state index is -0.408. The predicted octanol–water partition coefficient (Wildman–Crippen LogP) is 1.61. The first kappa shape index (κ1) is 13.2. The second-order valence-electron chi connectivity index (χ2n) is 3.73. The fraction of sp³-hybridized carbons (Fsp3) is 0.417. The van der Waals surface area contributed by atoms with E-state index in [-0.39, 0.29) is 12.7 Å². The lowest BCUT2D eigenvalue weighted by molar-refractivity contribution is -0.149. The Morgan fingerprint density at radius 1 is 1.41 bits per heavy atom. The number of rotatable bonds is 5. The smallest absolute Gasteiger partial charge is 0.344 e. The van der Waals surface area contributed by atoms with E-state index in [1.165, 1.54) is 7.11 Å². The molecule has 0 saturated carbocycles. The van der Waals surface area contributed by atoms with Crippen LogP contribution in [-0.2, 0) is 9.53 Å². The van der Waals surface area contributed by atoms with Gasteiger partial charge in [0.2, 0.25) is 0 Å². The van der Waals surface area contributed by atoms with Gasteiger partial charge in [-0.25, -0.2) is 4.79 Å². The Labute approximate surface area is 100 Å². The lowest BCUT2D eigenvalue weighted by Gasteiger charge is -2.10. The number of benzene rings is 1. The number of ether oxygens (including phenoxy) is 3. The molecule has 5 heteroatoms. The zero-order chi connectivity index (χ0) is 12.8. The van der Waals surface area contributed by atoms with E-state index in [4.69, 9.17) is 19.9 Å². The topological polar surface area (TPSA) is 70.8 Å². The monoisotopic (exact) mass is 239 g/mol. The fourth-order valence-electron chi connectivity index (χ4n) is 1.24. The Hall–Kier alpha value is -1.91. The lowest BCUT2D eigenvalue weighted by atomic mass is 10.3. The van der Waals surface area contributed by atoms with Crippen molar-refractivity contribution >= 4 is 11.7 Å². The first-order valence-corrected chi connectivity index (χ1v) is 5.28. The van der Waals surface area contributed by atoms with E-state index in [0.717, 1.165) is 0 Å². The van der Waals surface area contributed by atoms with Crippen LogP contribution in [-0.4, -0.2) is 25.8 Å². The summed E-state index contributed by atoms with van der Waals surface area (Å²) in [5.41, 5.74) is 6.16. The van der Waals surface area contributed by atoms with Crippen molar-refractivity contribution in [3.8, 4) is 11.5 Å². The highest BCUT2D eigenvalue weighted by Gasteiger charge is 2.07. The molecule has 94 valence electrons. The molecule has 0 bridgehead atoms. The van der Waals surface area contributed by atoms with Crippen LogP contribution in [0.15, 0.2) is 18.2 Å². The maximum absolute atomic E-state index is 11.2. The van der Waals surface area contributed by atoms with Gasteiger partial charge in [-0.1, -0.05) is 0 Å². The fourth-order valence-corrected chi connectivity index (χ4v) is 1.24. The van der Waals surface area contributed by atoms with E-state index in [0.29, 0.717) is 17.2 Å². The van der Waals surface area contributed by atoms with Crippen molar-refractivity contribution in [2.45, 2.75) is 20.0 Å². The molecule has 0 aliphatic carbocycles. The Bertz CT molecular complexity index is 390. The zero-order valence-electron chi connectivity index (χ0n) is 10.2. The summed E-state index contributed by atoms with van der Waals surface area (Å²) in [6, 6.07) is 4.96. The molecule has 1 aromatic carbocycles. The number of carbonyl (C=O) groups excluding carboxylic acids is 1. The molecule has 0 aromatic heterocycles. The molecule has 0 radical (unpaired) electrons. The average molecular weight is 239 g/mol. The molecule has 0 atom stereocenters. The summed E-state index contributed by atoms with van der Waals surface area (Å²) in [6.45, 7) is 3.43. The number of methoxy groups -OCH3 is 1. The van der Waals surface area contributed by atoms with Crippen LogP contribution >= 0.6 is 0 Å². The molecule has 5 nitrogen and oxygen atoms in total. The summed E-state index contributed by atoms with van der Waals surface area (Å²) >= 11 is 0. The molecule has 1 aromatic rings. The Kier molecular flexibility index (Phi) is 4.63. The molecule has 2 N–H and O–H groups in total. The van der Waals surface area contributed by atoms with Crippen molar-refractivity contribution in [3.63, 3.8) is 0 Å². The number of anilines is 1. The molecular weight excluding hydrogens is 222 g/mol. The van der Waals surface area contributed by atoms with E-state index < -0.39 is 5.97 Å². The zero-order valence-corrected chi connectivity index (χ0v) is 10.2. The van der Waals surface area contributed by atoms with Crippen molar-refractivity contribution in [2.24, 2.45) is 0 Å². The summed E-state index contributed by atoms with van der Waals surface area (Å²) in [5, 5.41) is 0. The Balaban J connectivity index is 2.52. The second-order valence-corrected chi connectivity index (χ2v) is 3.73. The molecule has 0 unspecified atom stereocenters. The van der Waals surface area contributed by atoms with Gasteiger partial charge < -0.3 is 19.9 Å². The highest BCUT2D eigenvalue weighted by atomic mass is 16.6. The summed E-state index contributed by atoms with van der Waals surface area (Å²) in [7, 11) is 1.53. The summed E-state index contributed by atoms with van der Waals surface area (Å²) in [4.78, 5) is 11.2. The SMILES string of the molecule is COc1ccc(OCC(=O)OC(C)C)cc1N. The first-order valence-electron chi connectivity index (χ1n) is 5.28. The molecule has 0 heterocycles. The Morgan fingerprint density at radius 3 is 2.65 bits per heavy atom. The van der Waals surface area contributed by atoms with Crippen molar-refractivity contribution in [2.75, 3.05) is 19.5 Å². The molecule has 0 saturated heterocycles. The first-order chi connectivity index (χ1) is 8.02. The van der Waals surface area contributed by atoms with Crippen molar-refractivity contribution in [1.82, 2.24) is 0 Å². The van der Waals surface area contributed by atoms with Crippen LogP contribution in [0.3, 0.4) is 0 Å². The van der Waals surface area contributed by atoms with Crippen LogP contribution in [0.4, 0.5) is 5.69 Å². The van der Waals surface area contributed by atoms with E-state index in [9.17, 15) is 4.79 Å². The van der Waals surface area contributed by atoms with E-state index >= 15 is 0 Å². The third kappa shape index (κ3) is 4.22. The van der Waals surface area contributed by atoms with Gasteiger partial charge in [0, 0.05) is 6.07 Å². The molecule has 0 spiro atoms. The van der Waals surface area contributed by atoms with Gasteiger partial charge in [0.15, 0.2) is 6.61 Å². The van der Waals surface area contributed by atoms with Gasteiger partial charge in [0.25, 0.3) is 0 Å². The van der Waals surface area contributed by atoms with Gasteiger partial charge in [-0.05, 0) is 26.0 Å². The summed E-state index contributed by atoms with van der Waals surface area (Å²) in [5.74, 6) is 0.667. The number of nitrogens with two attached hydrogens (primary N) is 1. The standard InChI is InChI=1S/C12H17NO4/c1-8(2)17-12(14)7-16-9-4-5-11(15-3)10(13)6-9/h4-6,8H,7,13H2,1-3H3. The molecule has 1 rings (SSSR count). The van der Waals surface area contributed by atoms with Gasteiger partial charge in [0.1, 0.15) is 11.5 Å². The Morgan fingerprint density at radius 2 is 2.12 bits per heavy atom. The highest BCUT2D eigenvalue weighted by molar-refractivity contribution is 5.71. The highest BCUT2D eigenvalue weighted by Crippen LogP contribution is 2.25. The summed E-state index contributed by atoms with van der Waals surface area (Å²) in [6.07, 6.45) is -0.146. The van der Waals surface area contributed by atoms with Gasteiger partial charge in [-0.3, -0.25) is 0 Å². The quantitative estimate of drug-likeness (QED) is 0.624. The van der Waals surface area contributed by atoms with Crippen molar-refractivity contribution in [3.05, 3.63) is 18.2 Å².